The smallest absolute Gasteiger partial charge is 0.0794 e. The second-order valence-corrected chi connectivity index (χ2v) is 4.82. The summed E-state index contributed by atoms with van der Waals surface area (Å²) in [7, 11) is 0. The highest BCUT2D eigenvalue weighted by molar-refractivity contribution is 7.07. The third kappa shape index (κ3) is 2.82. The Morgan fingerprint density at radius 3 is 2.62 bits per heavy atom. The molecule has 1 unspecified atom stereocenters. The molecule has 0 spiro atoms. The van der Waals surface area contributed by atoms with Gasteiger partial charge in [0.2, 0.25) is 0 Å². The van der Waals surface area contributed by atoms with E-state index in [0.717, 1.165) is 17.1 Å². The number of nitrogens with zero attached hydrogens (tertiary/aromatic N) is 1. The lowest BCUT2D eigenvalue weighted by Crippen LogP contribution is -2.15. The van der Waals surface area contributed by atoms with Gasteiger partial charge in [-0.2, -0.15) is 0 Å². The molecule has 0 saturated heterocycles. The van der Waals surface area contributed by atoms with Crippen LogP contribution in [0, 0.1) is 0 Å². The summed E-state index contributed by atoms with van der Waals surface area (Å²) in [5.74, 6) is 0.319. The minimum atomic E-state index is 0.319. The standard InChI is InChI=1S/C12H13ClN2S/c13-11-3-1-9(2-4-11)10(6-14)5-12-7-16-8-15-12/h1-4,7-8,10H,5-6,14H2. The molecule has 2 aromatic rings. The molecular formula is C12H13ClN2S. The number of rotatable bonds is 4. The molecule has 1 heterocycles. The maximum Gasteiger partial charge on any atom is 0.0794 e. The van der Waals surface area contributed by atoms with Gasteiger partial charge in [0.1, 0.15) is 0 Å². The maximum absolute atomic E-state index is 5.86. The molecule has 4 heteroatoms. The molecule has 1 atom stereocenters. The number of halogens is 1. The van der Waals surface area contributed by atoms with E-state index in [-0.39, 0.29) is 0 Å². The molecule has 0 aliphatic rings. The van der Waals surface area contributed by atoms with Crippen LogP contribution in [-0.4, -0.2) is 11.5 Å². The zero-order valence-electron chi connectivity index (χ0n) is 8.77. The van der Waals surface area contributed by atoms with Crippen molar-refractivity contribution < 1.29 is 0 Å². The third-order valence-corrected chi connectivity index (χ3v) is 3.45. The third-order valence-electron chi connectivity index (χ3n) is 2.56. The van der Waals surface area contributed by atoms with Gasteiger partial charge in [0.05, 0.1) is 11.2 Å². The monoisotopic (exact) mass is 252 g/mol. The number of hydrogen-bond donors (Lipinski definition) is 1. The first-order valence-electron chi connectivity index (χ1n) is 5.12. The van der Waals surface area contributed by atoms with E-state index in [2.05, 4.69) is 10.4 Å². The molecule has 0 fully saturated rings. The fourth-order valence-corrected chi connectivity index (χ4v) is 2.36. The van der Waals surface area contributed by atoms with Gasteiger partial charge in [-0.25, -0.2) is 4.98 Å². The lowest BCUT2D eigenvalue weighted by atomic mass is 9.95. The van der Waals surface area contributed by atoms with Crippen molar-refractivity contribution in [1.82, 2.24) is 4.98 Å². The number of aromatic nitrogens is 1. The van der Waals surface area contributed by atoms with Crippen molar-refractivity contribution in [2.24, 2.45) is 5.73 Å². The van der Waals surface area contributed by atoms with Crippen molar-refractivity contribution in [2.75, 3.05) is 6.54 Å². The van der Waals surface area contributed by atoms with E-state index < -0.39 is 0 Å². The molecule has 2 rings (SSSR count). The predicted octanol–water partition coefficient (Wildman–Crippen LogP) is 3.08. The first-order valence-corrected chi connectivity index (χ1v) is 6.44. The summed E-state index contributed by atoms with van der Waals surface area (Å²) in [5, 5.41) is 2.83. The molecular weight excluding hydrogens is 240 g/mol. The summed E-state index contributed by atoms with van der Waals surface area (Å²) in [6.07, 6.45) is 0.891. The average Bonchev–Trinajstić information content (AvgIpc) is 2.80. The zero-order valence-corrected chi connectivity index (χ0v) is 10.3. The summed E-state index contributed by atoms with van der Waals surface area (Å²) >= 11 is 7.48. The van der Waals surface area contributed by atoms with Crippen LogP contribution in [0.15, 0.2) is 35.2 Å². The van der Waals surface area contributed by atoms with Crippen LogP contribution in [0.3, 0.4) is 0 Å². The summed E-state index contributed by atoms with van der Waals surface area (Å²) < 4.78 is 0. The van der Waals surface area contributed by atoms with Gasteiger partial charge in [0.15, 0.2) is 0 Å². The van der Waals surface area contributed by atoms with Crippen LogP contribution in [0.1, 0.15) is 17.2 Å². The largest absolute Gasteiger partial charge is 0.330 e. The van der Waals surface area contributed by atoms with Crippen molar-refractivity contribution >= 4 is 22.9 Å². The summed E-state index contributed by atoms with van der Waals surface area (Å²) in [6, 6.07) is 7.87. The summed E-state index contributed by atoms with van der Waals surface area (Å²) in [6.45, 7) is 0.624. The Bertz CT molecular complexity index is 425. The van der Waals surface area contributed by atoms with E-state index in [4.69, 9.17) is 17.3 Å². The molecule has 0 saturated carbocycles. The molecule has 2 N–H and O–H groups in total. The molecule has 0 aliphatic carbocycles. The lowest BCUT2D eigenvalue weighted by Gasteiger charge is -2.13. The van der Waals surface area contributed by atoms with Crippen molar-refractivity contribution in [1.29, 1.82) is 0 Å². The highest BCUT2D eigenvalue weighted by atomic mass is 35.5. The predicted molar refractivity (Wildman–Crippen MR) is 69.1 cm³/mol. The second kappa shape index (κ2) is 5.43. The van der Waals surface area contributed by atoms with Gasteiger partial charge < -0.3 is 5.73 Å². The molecule has 0 radical (unpaired) electrons. The maximum atomic E-state index is 5.86. The van der Waals surface area contributed by atoms with Gasteiger partial charge in [-0.15, -0.1) is 11.3 Å². The Hall–Kier alpha value is -0.900. The van der Waals surface area contributed by atoms with E-state index in [1.807, 2.05) is 29.8 Å². The molecule has 84 valence electrons. The van der Waals surface area contributed by atoms with Crippen molar-refractivity contribution in [3.05, 3.63) is 51.4 Å². The van der Waals surface area contributed by atoms with Gasteiger partial charge >= 0.3 is 0 Å². The fourth-order valence-electron chi connectivity index (χ4n) is 1.66. The quantitative estimate of drug-likeness (QED) is 0.908. The zero-order chi connectivity index (χ0) is 11.4. The Labute approximate surface area is 104 Å². The first kappa shape index (κ1) is 11.6. The Morgan fingerprint density at radius 1 is 1.31 bits per heavy atom. The van der Waals surface area contributed by atoms with Crippen LogP contribution < -0.4 is 5.73 Å². The molecule has 1 aromatic heterocycles. The molecule has 1 aromatic carbocycles. The minimum Gasteiger partial charge on any atom is -0.330 e. The van der Waals surface area contributed by atoms with E-state index in [9.17, 15) is 0 Å². The van der Waals surface area contributed by atoms with Crippen LogP contribution >= 0.6 is 22.9 Å². The fraction of sp³-hybridized carbons (Fsp3) is 0.250. The van der Waals surface area contributed by atoms with Gasteiger partial charge in [-0.05, 0) is 30.7 Å². The number of benzene rings is 1. The molecule has 2 nitrogen and oxygen atoms in total. The van der Waals surface area contributed by atoms with Crippen LogP contribution in [0.2, 0.25) is 5.02 Å². The van der Waals surface area contributed by atoms with Crippen molar-refractivity contribution in [3.8, 4) is 0 Å². The van der Waals surface area contributed by atoms with E-state index in [1.54, 1.807) is 11.3 Å². The van der Waals surface area contributed by atoms with Gasteiger partial charge in [0.25, 0.3) is 0 Å². The van der Waals surface area contributed by atoms with Gasteiger partial charge in [-0.1, -0.05) is 23.7 Å². The lowest BCUT2D eigenvalue weighted by molar-refractivity contribution is 0.685. The summed E-state index contributed by atoms with van der Waals surface area (Å²) in [5.41, 5.74) is 9.98. The van der Waals surface area contributed by atoms with Crippen LogP contribution in [0.4, 0.5) is 0 Å². The molecule has 0 aliphatic heterocycles. The van der Waals surface area contributed by atoms with Crippen molar-refractivity contribution in [2.45, 2.75) is 12.3 Å². The van der Waals surface area contributed by atoms with Crippen molar-refractivity contribution in [3.63, 3.8) is 0 Å². The highest BCUT2D eigenvalue weighted by Gasteiger charge is 2.11. The van der Waals surface area contributed by atoms with Crippen LogP contribution in [0.25, 0.3) is 0 Å². The van der Waals surface area contributed by atoms with Gasteiger partial charge in [0, 0.05) is 16.3 Å². The normalized spacial score (nSPS) is 12.6. The summed E-state index contributed by atoms with van der Waals surface area (Å²) in [4.78, 5) is 4.28. The topological polar surface area (TPSA) is 38.9 Å². The number of hydrogen-bond acceptors (Lipinski definition) is 3. The van der Waals surface area contributed by atoms with E-state index in [0.29, 0.717) is 12.5 Å². The number of thiazole rings is 1. The Balaban J connectivity index is 2.13. The highest BCUT2D eigenvalue weighted by Crippen LogP contribution is 2.21. The molecule has 0 amide bonds. The van der Waals surface area contributed by atoms with E-state index in [1.165, 1.54) is 5.56 Å². The molecule has 0 bridgehead atoms. The minimum absolute atomic E-state index is 0.319. The van der Waals surface area contributed by atoms with Crippen LogP contribution in [-0.2, 0) is 6.42 Å². The average molecular weight is 253 g/mol. The Morgan fingerprint density at radius 2 is 2.06 bits per heavy atom. The van der Waals surface area contributed by atoms with E-state index >= 15 is 0 Å². The van der Waals surface area contributed by atoms with Crippen LogP contribution in [0.5, 0.6) is 0 Å². The Kier molecular flexibility index (Phi) is 3.93. The molecule has 16 heavy (non-hydrogen) atoms. The number of nitrogens with two attached hydrogens (primary N) is 1. The SMILES string of the molecule is NCC(Cc1cscn1)c1ccc(Cl)cc1. The first-order chi connectivity index (χ1) is 7.79. The van der Waals surface area contributed by atoms with Gasteiger partial charge in [-0.3, -0.25) is 0 Å². The second-order valence-electron chi connectivity index (χ2n) is 3.67.